The Kier molecular flexibility index (Phi) is 5.22. The van der Waals surface area contributed by atoms with Gasteiger partial charge in [-0.05, 0) is 78.5 Å². The number of ketones is 2. The maximum absolute atomic E-state index is 12.8. The number of Topliss-reactive ketones (excluding diaryl/α,β-unsaturated/α-hetero) is 2. The van der Waals surface area contributed by atoms with Gasteiger partial charge < -0.3 is 4.74 Å². The van der Waals surface area contributed by atoms with Gasteiger partial charge in [0, 0.05) is 11.1 Å². The van der Waals surface area contributed by atoms with Crippen molar-refractivity contribution in [2.45, 2.75) is 65.2 Å². The number of hydrogen-bond acceptors (Lipinski definition) is 3. The Hall–Kier alpha value is -2.42. The molecular weight excluding hydrogens is 348 g/mol. The van der Waals surface area contributed by atoms with Gasteiger partial charge in [-0.3, -0.25) is 9.59 Å². The molecule has 0 unspecified atom stereocenters. The van der Waals surface area contributed by atoms with Gasteiger partial charge in [0.2, 0.25) is 0 Å². The molecule has 0 amide bonds. The molecule has 28 heavy (non-hydrogen) atoms. The van der Waals surface area contributed by atoms with E-state index in [1.54, 1.807) is 19.1 Å². The van der Waals surface area contributed by atoms with Crippen LogP contribution in [-0.4, -0.2) is 18.2 Å². The summed E-state index contributed by atoms with van der Waals surface area (Å²) in [4.78, 5) is 24.3. The maximum Gasteiger partial charge on any atom is 0.200 e. The van der Waals surface area contributed by atoms with E-state index in [1.807, 2.05) is 19.1 Å². The third-order valence-corrected chi connectivity index (χ3v) is 6.12. The Balaban J connectivity index is 1.79. The lowest BCUT2D eigenvalue weighted by atomic mass is 9.63. The Morgan fingerprint density at radius 3 is 2.18 bits per heavy atom. The van der Waals surface area contributed by atoms with Crippen LogP contribution < -0.4 is 4.74 Å². The molecule has 0 radical (unpaired) electrons. The van der Waals surface area contributed by atoms with Crippen molar-refractivity contribution in [3.05, 3.63) is 64.2 Å². The first-order chi connectivity index (χ1) is 13.0. The van der Waals surface area contributed by atoms with Crippen LogP contribution in [0.25, 0.3) is 0 Å². The average molecular weight is 379 g/mol. The van der Waals surface area contributed by atoms with Crippen LogP contribution in [0.5, 0.6) is 5.75 Å². The van der Waals surface area contributed by atoms with Gasteiger partial charge >= 0.3 is 0 Å². The van der Waals surface area contributed by atoms with Crippen LogP contribution in [0.2, 0.25) is 0 Å². The summed E-state index contributed by atoms with van der Waals surface area (Å²) in [5, 5.41) is 0. The highest BCUT2D eigenvalue weighted by atomic mass is 16.5. The summed E-state index contributed by atoms with van der Waals surface area (Å²) < 4.78 is 5.71. The molecule has 3 heteroatoms. The van der Waals surface area contributed by atoms with E-state index in [2.05, 4.69) is 39.8 Å². The molecule has 0 bridgehead atoms. The van der Waals surface area contributed by atoms with Crippen molar-refractivity contribution >= 4 is 11.6 Å². The van der Waals surface area contributed by atoms with Gasteiger partial charge in [0.05, 0.1) is 0 Å². The van der Waals surface area contributed by atoms with E-state index < -0.39 is 0 Å². The first kappa shape index (κ1) is 20.3. The molecule has 0 atom stereocenters. The van der Waals surface area contributed by atoms with Crippen molar-refractivity contribution in [1.82, 2.24) is 0 Å². The third kappa shape index (κ3) is 3.89. The molecular formula is C25H30O3. The zero-order valence-electron chi connectivity index (χ0n) is 17.8. The second-order valence-electron chi connectivity index (χ2n) is 9.27. The molecule has 0 saturated carbocycles. The Labute approximate surface area is 168 Å². The van der Waals surface area contributed by atoms with E-state index in [4.69, 9.17) is 4.74 Å². The minimum absolute atomic E-state index is 0.0124. The predicted octanol–water partition coefficient (Wildman–Crippen LogP) is 5.81. The summed E-state index contributed by atoms with van der Waals surface area (Å²) in [6, 6.07) is 11.4. The lowest BCUT2D eigenvalue weighted by Gasteiger charge is -2.42. The Bertz CT molecular complexity index is 935. The highest BCUT2D eigenvalue weighted by Gasteiger charge is 2.37. The molecule has 1 aliphatic carbocycles. The highest BCUT2D eigenvalue weighted by molar-refractivity contribution is 5.98. The van der Waals surface area contributed by atoms with Gasteiger partial charge in [0.15, 0.2) is 18.2 Å². The first-order valence-corrected chi connectivity index (χ1v) is 9.94. The molecule has 148 valence electrons. The number of rotatable bonds is 5. The second kappa shape index (κ2) is 7.20. The third-order valence-electron chi connectivity index (χ3n) is 6.12. The van der Waals surface area contributed by atoms with E-state index in [1.165, 1.54) is 11.1 Å². The molecule has 0 fully saturated rings. The van der Waals surface area contributed by atoms with Crippen LogP contribution in [0.3, 0.4) is 0 Å². The maximum atomic E-state index is 12.8. The van der Waals surface area contributed by atoms with Crippen molar-refractivity contribution in [2.24, 2.45) is 0 Å². The average Bonchev–Trinajstić information content (AvgIpc) is 2.63. The topological polar surface area (TPSA) is 43.4 Å². The van der Waals surface area contributed by atoms with Gasteiger partial charge in [-0.15, -0.1) is 0 Å². The predicted molar refractivity (Wildman–Crippen MR) is 113 cm³/mol. The molecule has 0 spiro atoms. The van der Waals surface area contributed by atoms with Crippen molar-refractivity contribution < 1.29 is 14.3 Å². The summed E-state index contributed by atoms with van der Waals surface area (Å²) in [6.45, 7) is 12.5. The van der Waals surface area contributed by atoms with Gasteiger partial charge in [0.25, 0.3) is 0 Å². The molecule has 2 aromatic carbocycles. The Morgan fingerprint density at radius 2 is 1.57 bits per heavy atom. The molecule has 3 nitrogen and oxygen atoms in total. The molecule has 3 rings (SSSR count). The van der Waals surface area contributed by atoms with Gasteiger partial charge in [-0.2, -0.15) is 0 Å². The second-order valence-corrected chi connectivity index (χ2v) is 9.27. The highest BCUT2D eigenvalue weighted by Crippen LogP contribution is 2.45. The number of carbonyl (C=O) groups is 2. The van der Waals surface area contributed by atoms with Gasteiger partial charge in [0.1, 0.15) is 5.75 Å². The summed E-state index contributed by atoms with van der Waals surface area (Å²) >= 11 is 0. The standard InChI is InChI=1S/C25H30O3/c1-16-13-19(8-9-20(16)17(2)26)28-15-23(27)18-7-10-21-22(14-18)25(5,6)12-11-24(21,3)4/h7-10,13-14H,11-12,15H2,1-6H3. The van der Waals surface area contributed by atoms with Crippen LogP contribution in [0.15, 0.2) is 36.4 Å². The zero-order chi connectivity index (χ0) is 20.7. The van der Waals surface area contributed by atoms with Crippen LogP contribution in [-0.2, 0) is 10.8 Å². The minimum atomic E-state index is -0.0322. The van der Waals surface area contributed by atoms with Gasteiger partial charge in [-0.25, -0.2) is 0 Å². The van der Waals surface area contributed by atoms with Crippen LogP contribution in [0.1, 0.15) is 84.9 Å². The summed E-state index contributed by atoms with van der Waals surface area (Å²) in [7, 11) is 0. The molecule has 0 aliphatic heterocycles. The number of hydrogen-bond donors (Lipinski definition) is 0. The van der Waals surface area contributed by atoms with Crippen molar-refractivity contribution in [2.75, 3.05) is 6.61 Å². The minimum Gasteiger partial charge on any atom is -0.485 e. The summed E-state index contributed by atoms with van der Waals surface area (Å²) in [5.41, 5.74) is 5.06. The number of ether oxygens (including phenoxy) is 1. The molecule has 0 heterocycles. The van der Waals surface area contributed by atoms with Gasteiger partial charge in [-0.1, -0.05) is 39.8 Å². The van der Waals surface area contributed by atoms with E-state index in [-0.39, 0.29) is 29.0 Å². The number of fused-ring (bicyclic) bond motifs is 1. The van der Waals surface area contributed by atoms with E-state index in [0.29, 0.717) is 16.9 Å². The quantitative estimate of drug-likeness (QED) is 0.617. The Morgan fingerprint density at radius 1 is 0.929 bits per heavy atom. The summed E-state index contributed by atoms with van der Waals surface area (Å²) in [6.07, 6.45) is 2.27. The first-order valence-electron chi connectivity index (χ1n) is 9.94. The van der Waals surface area contributed by atoms with Crippen LogP contribution in [0, 0.1) is 6.92 Å². The van der Waals surface area contributed by atoms with Crippen LogP contribution in [0.4, 0.5) is 0 Å². The van der Waals surface area contributed by atoms with Crippen LogP contribution >= 0.6 is 0 Å². The molecule has 0 N–H and O–H groups in total. The number of carbonyl (C=O) groups excluding carboxylic acids is 2. The van der Waals surface area contributed by atoms with E-state index in [0.717, 1.165) is 18.4 Å². The van der Waals surface area contributed by atoms with Crippen molar-refractivity contribution in [3.8, 4) is 5.75 Å². The molecule has 1 aliphatic rings. The molecule has 0 aromatic heterocycles. The smallest absolute Gasteiger partial charge is 0.200 e. The van der Waals surface area contributed by atoms with Crippen molar-refractivity contribution in [1.29, 1.82) is 0 Å². The zero-order valence-corrected chi connectivity index (χ0v) is 17.8. The van der Waals surface area contributed by atoms with E-state index in [9.17, 15) is 9.59 Å². The normalized spacial score (nSPS) is 16.9. The number of aryl methyl sites for hydroxylation is 1. The fourth-order valence-corrected chi connectivity index (χ4v) is 4.12. The molecule has 0 saturated heterocycles. The fraction of sp³-hybridized carbons (Fsp3) is 0.440. The van der Waals surface area contributed by atoms with Crippen molar-refractivity contribution in [3.63, 3.8) is 0 Å². The number of benzene rings is 2. The SMILES string of the molecule is CC(=O)c1ccc(OCC(=O)c2ccc3c(c2)C(C)(C)CCC3(C)C)cc1C. The lowest BCUT2D eigenvalue weighted by Crippen LogP contribution is -2.34. The monoisotopic (exact) mass is 378 g/mol. The summed E-state index contributed by atoms with van der Waals surface area (Å²) in [5.74, 6) is 0.602. The lowest BCUT2D eigenvalue weighted by molar-refractivity contribution is 0.0920. The fourth-order valence-electron chi connectivity index (χ4n) is 4.12. The largest absolute Gasteiger partial charge is 0.485 e. The van der Waals surface area contributed by atoms with E-state index >= 15 is 0 Å². The molecule has 2 aromatic rings.